The normalized spacial score (nSPS) is 19.3. The maximum atomic E-state index is 8.94. The van der Waals surface area contributed by atoms with Crippen molar-refractivity contribution in [2.75, 3.05) is 26.3 Å². The summed E-state index contributed by atoms with van der Waals surface area (Å²) >= 11 is 0. The first-order valence-corrected chi connectivity index (χ1v) is 6.84. The van der Waals surface area contributed by atoms with Gasteiger partial charge in [0.1, 0.15) is 5.75 Å². The van der Waals surface area contributed by atoms with Gasteiger partial charge in [0.25, 0.3) is 0 Å². The van der Waals surface area contributed by atoms with Crippen LogP contribution < -0.4 is 10.1 Å². The van der Waals surface area contributed by atoms with E-state index in [0.29, 0.717) is 18.4 Å². The Balaban J connectivity index is 1.67. The van der Waals surface area contributed by atoms with Gasteiger partial charge in [-0.15, -0.1) is 0 Å². The molecule has 1 aliphatic rings. The molecule has 2 atom stereocenters. The molecule has 0 amide bonds. The summed E-state index contributed by atoms with van der Waals surface area (Å²) in [6, 6.07) is 8.29. The molecule has 0 aromatic heterocycles. The lowest BCUT2D eigenvalue weighted by atomic mass is 10.0. The van der Waals surface area contributed by atoms with E-state index in [1.54, 1.807) is 0 Å². The number of fused-ring (bicyclic) bond motifs is 1. The summed E-state index contributed by atoms with van der Waals surface area (Å²) in [6.45, 7) is 5.16. The first-order valence-electron chi connectivity index (χ1n) is 6.84. The number of hydrogen-bond donors (Lipinski definition) is 2. The highest BCUT2D eigenvalue weighted by Crippen LogP contribution is 2.32. The summed E-state index contributed by atoms with van der Waals surface area (Å²) in [5.74, 6) is 1.94. The lowest BCUT2D eigenvalue weighted by Crippen LogP contribution is -2.24. The monoisotopic (exact) mass is 249 g/mol. The summed E-state index contributed by atoms with van der Waals surface area (Å²) in [7, 11) is 0. The fourth-order valence-corrected chi connectivity index (χ4v) is 2.34. The standard InChI is InChI=1S/C15H23NO2/c1-12(10-17)5-4-8-16-9-13-11-18-15-7-3-2-6-14(13)15/h2-3,6-7,12-13,16-17H,4-5,8-11H2,1H3. The van der Waals surface area contributed by atoms with Crippen molar-refractivity contribution < 1.29 is 9.84 Å². The van der Waals surface area contributed by atoms with Crippen LogP contribution in [0.5, 0.6) is 5.75 Å². The van der Waals surface area contributed by atoms with Crippen molar-refractivity contribution in [1.29, 1.82) is 0 Å². The largest absolute Gasteiger partial charge is 0.493 e. The highest BCUT2D eigenvalue weighted by atomic mass is 16.5. The van der Waals surface area contributed by atoms with Gasteiger partial charge in [-0.2, -0.15) is 0 Å². The number of hydrogen-bond acceptors (Lipinski definition) is 3. The molecule has 100 valence electrons. The average Bonchev–Trinajstić information content (AvgIpc) is 2.81. The summed E-state index contributed by atoms with van der Waals surface area (Å²) in [4.78, 5) is 0. The maximum Gasteiger partial charge on any atom is 0.122 e. The molecule has 0 fully saturated rings. The minimum Gasteiger partial charge on any atom is -0.493 e. The maximum absolute atomic E-state index is 8.94. The Kier molecular flexibility index (Phi) is 5.02. The van der Waals surface area contributed by atoms with Crippen LogP contribution in [0, 0.1) is 5.92 Å². The van der Waals surface area contributed by atoms with Gasteiger partial charge in [-0.05, 0) is 31.4 Å². The average molecular weight is 249 g/mol. The third-order valence-electron chi connectivity index (χ3n) is 3.55. The van der Waals surface area contributed by atoms with E-state index in [9.17, 15) is 0 Å². The molecule has 2 unspecified atom stereocenters. The van der Waals surface area contributed by atoms with E-state index in [1.165, 1.54) is 5.56 Å². The van der Waals surface area contributed by atoms with E-state index in [2.05, 4.69) is 24.4 Å². The highest BCUT2D eigenvalue weighted by Gasteiger charge is 2.22. The second kappa shape index (κ2) is 6.76. The van der Waals surface area contributed by atoms with Crippen LogP contribution in [-0.4, -0.2) is 31.4 Å². The number of nitrogens with one attached hydrogen (secondary N) is 1. The van der Waals surface area contributed by atoms with Crippen LogP contribution in [0.3, 0.4) is 0 Å². The molecule has 1 aromatic rings. The Labute approximate surface area is 109 Å². The van der Waals surface area contributed by atoms with Gasteiger partial charge in [0, 0.05) is 24.6 Å². The minimum atomic E-state index is 0.295. The van der Waals surface area contributed by atoms with E-state index < -0.39 is 0 Å². The lowest BCUT2D eigenvalue weighted by molar-refractivity contribution is 0.228. The van der Waals surface area contributed by atoms with Gasteiger partial charge in [-0.3, -0.25) is 0 Å². The van der Waals surface area contributed by atoms with Gasteiger partial charge >= 0.3 is 0 Å². The molecule has 1 heterocycles. The quantitative estimate of drug-likeness (QED) is 0.728. The zero-order chi connectivity index (χ0) is 12.8. The predicted molar refractivity (Wildman–Crippen MR) is 73.0 cm³/mol. The number of rotatable bonds is 7. The lowest BCUT2D eigenvalue weighted by Gasteiger charge is -2.11. The number of benzene rings is 1. The Morgan fingerprint density at radius 1 is 1.44 bits per heavy atom. The van der Waals surface area contributed by atoms with Crippen LogP contribution in [0.4, 0.5) is 0 Å². The second-order valence-corrected chi connectivity index (χ2v) is 5.18. The van der Waals surface area contributed by atoms with Crippen molar-refractivity contribution in [2.45, 2.75) is 25.7 Å². The zero-order valence-corrected chi connectivity index (χ0v) is 11.1. The van der Waals surface area contributed by atoms with Crippen molar-refractivity contribution in [2.24, 2.45) is 5.92 Å². The molecular formula is C15H23NO2. The van der Waals surface area contributed by atoms with Gasteiger partial charge < -0.3 is 15.2 Å². The van der Waals surface area contributed by atoms with Crippen LogP contribution >= 0.6 is 0 Å². The zero-order valence-electron chi connectivity index (χ0n) is 11.1. The smallest absolute Gasteiger partial charge is 0.122 e. The fraction of sp³-hybridized carbons (Fsp3) is 0.600. The molecule has 0 aliphatic carbocycles. The van der Waals surface area contributed by atoms with E-state index in [0.717, 1.165) is 38.3 Å². The van der Waals surface area contributed by atoms with Gasteiger partial charge in [-0.25, -0.2) is 0 Å². The van der Waals surface area contributed by atoms with Crippen molar-refractivity contribution in [3.05, 3.63) is 29.8 Å². The third kappa shape index (κ3) is 3.47. The van der Waals surface area contributed by atoms with Gasteiger partial charge in [0.15, 0.2) is 0 Å². The number of ether oxygens (including phenoxy) is 1. The first-order chi connectivity index (χ1) is 8.81. The molecule has 0 saturated carbocycles. The summed E-state index contributed by atoms with van der Waals surface area (Å²) in [5.41, 5.74) is 1.33. The summed E-state index contributed by atoms with van der Waals surface area (Å²) in [6.07, 6.45) is 2.21. The molecule has 3 heteroatoms. The topological polar surface area (TPSA) is 41.5 Å². The summed E-state index contributed by atoms with van der Waals surface area (Å²) in [5, 5.41) is 12.4. The molecule has 18 heavy (non-hydrogen) atoms. The molecule has 2 N–H and O–H groups in total. The third-order valence-corrected chi connectivity index (χ3v) is 3.55. The summed E-state index contributed by atoms with van der Waals surface area (Å²) < 4.78 is 5.65. The molecule has 3 nitrogen and oxygen atoms in total. The molecule has 2 rings (SSSR count). The predicted octanol–water partition coefficient (Wildman–Crippen LogP) is 2.16. The van der Waals surface area contributed by atoms with Crippen LogP contribution in [0.2, 0.25) is 0 Å². The van der Waals surface area contributed by atoms with Crippen LogP contribution in [0.25, 0.3) is 0 Å². The molecule has 0 spiro atoms. The van der Waals surface area contributed by atoms with Crippen LogP contribution in [0.1, 0.15) is 31.2 Å². The molecule has 0 bridgehead atoms. The molecule has 0 radical (unpaired) electrons. The minimum absolute atomic E-state index is 0.295. The van der Waals surface area contributed by atoms with Crippen LogP contribution in [0.15, 0.2) is 24.3 Å². The van der Waals surface area contributed by atoms with E-state index in [4.69, 9.17) is 9.84 Å². The Bertz CT molecular complexity index is 367. The number of aliphatic hydroxyl groups is 1. The van der Waals surface area contributed by atoms with E-state index >= 15 is 0 Å². The van der Waals surface area contributed by atoms with E-state index in [-0.39, 0.29) is 0 Å². The van der Waals surface area contributed by atoms with Crippen LogP contribution in [-0.2, 0) is 0 Å². The number of para-hydroxylation sites is 1. The van der Waals surface area contributed by atoms with Gasteiger partial charge in [0.2, 0.25) is 0 Å². The Morgan fingerprint density at radius 3 is 3.11 bits per heavy atom. The molecule has 1 aliphatic heterocycles. The Morgan fingerprint density at radius 2 is 2.28 bits per heavy atom. The molecular weight excluding hydrogens is 226 g/mol. The van der Waals surface area contributed by atoms with Crippen molar-refractivity contribution in [3.63, 3.8) is 0 Å². The second-order valence-electron chi connectivity index (χ2n) is 5.18. The van der Waals surface area contributed by atoms with E-state index in [1.807, 2.05) is 12.1 Å². The van der Waals surface area contributed by atoms with Crippen molar-refractivity contribution in [1.82, 2.24) is 5.32 Å². The highest BCUT2D eigenvalue weighted by molar-refractivity contribution is 5.39. The van der Waals surface area contributed by atoms with Crippen molar-refractivity contribution in [3.8, 4) is 5.75 Å². The fourth-order valence-electron chi connectivity index (χ4n) is 2.34. The molecule has 1 aromatic carbocycles. The SMILES string of the molecule is CC(CO)CCCNCC1COc2ccccc21. The van der Waals surface area contributed by atoms with Gasteiger partial charge in [0.05, 0.1) is 6.61 Å². The first kappa shape index (κ1) is 13.4. The van der Waals surface area contributed by atoms with Gasteiger partial charge in [-0.1, -0.05) is 25.1 Å². The van der Waals surface area contributed by atoms with Crippen molar-refractivity contribution >= 4 is 0 Å². The molecule has 0 saturated heterocycles. The Hall–Kier alpha value is -1.06. The number of aliphatic hydroxyl groups excluding tert-OH is 1.